The lowest BCUT2D eigenvalue weighted by Crippen LogP contribution is -1.97. The van der Waals surface area contributed by atoms with Gasteiger partial charge in [-0.2, -0.15) is 0 Å². The van der Waals surface area contributed by atoms with Crippen molar-refractivity contribution in [2.45, 2.75) is 19.4 Å². The Kier molecular flexibility index (Phi) is 2.63. The van der Waals surface area contributed by atoms with E-state index in [-0.39, 0.29) is 5.92 Å². The van der Waals surface area contributed by atoms with Crippen molar-refractivity contribution >= 4 is 12.4 Å². The quantitative estimate of drug-likeness (QED) is 0.735. The van der Waals surface area contributed by atoms with Crippen LogP contribution in [-0.4, -0.2) is 10.9 Å². The van der Waals surface area contributed by atoms with Crippen LogP contribution < -0.4 is 0 Å². The van der Waals surface area contributed by atoms with Crippen molar-refractivity contribution in [2.75, 3.05) is 0 Å². The number of nitrogens with zero attached hydrogens (tertiary/aromatic N) is 1. The minimum atomic E-state index is -0.0821. The Balaban J connectivity index is 1.96. The predicted molar refractivity (Wildman–Crippen MR) is 72.4 cm³/mol. The summed E-state index contributed by atoms with van der Waals surface area (Å²) in [4.78, 5) is 11.3. The van der Waals surface area contributed by atoms with Crippen LogP contribution in [0.1, 0.15) is 22.7 Å². The smallest absolute Gasteiger partial charge is 0.133 e. The van der Waals surface area contributed by atoms with E-state index in [0.29, 0.717) is 0 Å². The Bertz CT molecular complexity index is 604. The molecule has 2 heterocycles. The summed E-state index contributed by atoms with van der Waals surface area (Å²) in [7, 11) is 0. The summed E-state index contributed by atoms with van der Waals surface area (Å²) in [6.07, 6.45) is 5.20. The maximum atomic E-state index is 11.3. The third-order valence-corrected chi connectivity index (χ3v) is 3.50. The average Bonchev–Trinajstić information content (AvgIpc) is 2.92. The molecule has 0 N–H and O–H groups in total. The van der Waals surface area contributed by atoms with Crippen LogP contribution in [-0.2, 0) is 11.3 Å². The molecule has 1 aromatic heterocycles. The number of carbonyl (C=O) groups is 1. The minimum absolute atomic E-state index is 0.0821. The fourth-order valence-electron chi connectivity index (χ4n) is 2.51. The zero-order valence-electron chi connectivity index (χ0n) is 10.3. The second kappa shape index (κ2) is 4.30. The van der Waals surface area contributed by atoms with E-state index in [1.165, 1.54) is 11.1 Å². The zero-order chi connectivity index (χ0) is 12.5. The van der Waals surface area contributed by atoms with Crippen molar-refractivity contribution in [3.8, 4) is 0 Å². The van der Waals surface area contributed by atoms with E-state index < -0.39 is 0 Å². The Hall–Kier alpha value is -2.09. The molecule has 1 aliphatic heterocycles. The summed E-state index contributed by atoms with van der Waals surface area (Å²) in [6.45, 7) is 2.89. The molecule has 0 saturated heterocycles. The highest BCUT2D eigenvalue weighted by Crippen LogP contribution is 2.32. The highest BCUT2D eigenvalue weighted by Gasteiger charge is 2.25. The lowest BCUT2D eigenvalue weighted by molar-refractivity contribution is -0.108. The second-order valence-electron chi connectivity index (χ2n) is 4.80. The van der Waals surface area contributed by atoms with Gasteiger partial charge in [0.15, 0.2) is 0 Å². The number of carbonyl (C=O) groups excluding carboxylic acids is 1. The Morgan fingerprint density at radius 3 is 2.72 bits per heavy atom. The minimum Gasteiger partial charge on any atom is -0.346 e. The molecule has 2 aromatic rings. The summed E-state index contributed by atoms with van der Waals surface area (Å²) < 4.78 is 2.14. The number of benzene rings is 1. The number of rotatable bonds is 2. The zero-order valence-corrected chi connectivity index (χ0v) is 10.3. The first-order valence-corrected chi connectivity index (χ1v) is 6.15. The van der Waals surface area contributed by atoms with E-state index in [1.54, 1.807) is 0 Å². The summed E-state index contributed by atoms with van der Waals surface area (Å²) in [5.74, 6) is -0.0821. The Morgan fingerprint density at radius 1 is 1.22 bits per heavy atom. The number of hydrogen-bond donors (Lipinski definition) is 0. The van der Waals surface area contributed by atoms with Gasteiger partial charge < -0.3 is 9.36 Å². The molecule has 1 aromatic carbocycles. The second-order valence-corrected chi connectivity index (χ2v) is 4.80. The van der Waals surface area contributed by atoms with Crippen molar-refractivity contribution in [3.63, 3.8) is 0 Å². The Labute approximate surface area is 107 Å². The molecule has 2 nitrogen and oxygen atoms in total. The van der Waals surface area contributed by atoms with Gasteiger partial charge in [-0.1, -0.05) is 35.9 Å². The molecular weight excluding hydrogens is 222 g/mol. The first-order valence-electron chi connectivity index (χ1n) is 6.15. The summed E-state index contributed by atoms with van der Waals surface area (Å²) in [5.41, 5.74) is 4.68. The lowest BCUT2D eigenvalue weighted by atomic mass is 9.98. The van der Waals surface area contributed by atoms with Gasteiger partial charge in [0, 0.05) is 18.4 Å². The van der Waals surface area contributed by atoms with Gasteiger partial charge in [0.2, 0.25) is 0 Å². The van der Waals surface area contributed by atoms with Gasteiger partial charge in [0.05, 0.1) is 5.92 Å². The third-order valence-electron chi connectivity index (χ3n) is 3.50. The van der Waals surface area contributed by atoms with Crippen molar-refractivity contribution in [2.24, 2.45) is 0 Å². The van der Waals surface area contributed by atoms with Crippen molar-refractivity contribution in [3.05, 3.63) is 65.0 Å². The van der Waals surface area contributed by atoms with Gasteiger partial charge in [-0.05, 0) is 30.2 Å². The first-order chi connectivity index (χ1) is 8.78. The van der Waals surface area contributed by atoms with Crippen LogP contribution in [0.25, 0.3) is 6.08 Å². The molecule has 2 heteroatoms. The number of allylic oxidation sites excluding steroid dienone is 1. The van der Waals surface area contributed by atoms with E-state index in [0.717, 1.165) is 24.1 Å². The van der Waals surface area contributed by atoms with E-state index in [9.17, 15) is 4.79 Å². The molecule has 0 spiro atoms. The number of fused-ring (bicyclic) bond motifs is 1. The van der Waals surface area contributed by atoms with Crippen LogP contribution in [0, 0.1) is 6.92 Å². The molecule has 0 bridgehead atoms. The Morgan fingerprint density at radius 2 is 2.00 bits per heavy atom. The molecule has 0 saturated carbocycles. The van der Waals surface area contributed by atoms with E-state index in [2.05, 4.69) is 41.8 Å². The van der Waals surface area contributed by atoms with E-state index >= 15 is 0 Å². The molecule has 0 radical (unpaired) electrons. The highest BCUT2D eigenvalue weighted by molar-refractivity contribution is 5.73. The van der Waals surface area contributed by atoms with Gasteiger partial charge >= 0.3 is 0 Å². The SMILES string of the molecule is Cc1ccc(/C=C2/Cn3cccc3C2C=O)cc1. The molecule has 0 fully saturated rings. The standard InChI is InChI=1S/C16H15NO/c1-12-4-6-13(7-5-12)9-14-10-17-8-2-3-16(17)15(14)11-18/h2-9,11,15H,10H2,1H3/b14-9-. The molecule has 0 aliphatic carbocycles. The number of aryl methyl sites for hydroxylation is 1. The highest BCUT2D eigenvalue weighted by atomic mass is 16.1. The van der Waals surface area contributed by atoms with Crippen LogP contribution in [0.15, 0.2) is 48.2 Å². The largest absolute Gasteiger partial charge is 0.346 e. The van der Waals surface area contributed by atoms with E-state index in [4.69, 9.17) is 0 Å². The maximum absolute atomic E-state index is 11.3. The van der Waals surface area contributed by atoms with Crippen LogP contribution in [0.2, 0.25) is 0 Å². The molecule has 1 atom stereocenters. The van der Waals surface area contributed by atoms with Crippen LogP contribution in [0.5, 0.6) is 0 Å². The lowest BCUT2D eigenvalue weighted by Gasteiger charge is -2.03. The van der Waals surface area contributed by atoms with E-state index in [1.807, 2.05) is 18.3 Å². The van der Waals surface area contributed by atoms with Gasteiger partial charge in [-0.25, -0.2) is 0 Å². The molecule has 1 aliphatic rings. The van der Waals surface area contributed by atoms with Crippen LogP contribution in [0.3, 0.4) is 0 Å². The van der Waals surface area contributed by atoms with Crippen molar-refractivity contribution < 1.29 is 4.79 Å². The van der Waals surface area contributed by atoms with Gasteiger partial charge in [-0.15, -0.1) is 0 Å². The molecule has 18 heavy (non-hydrogen) atoms. The number of aldehydes is 1. The maximum Gasteiger partial charge on any atom is 0.133 e. The number of hydrogen-bond acceptors (Lipinski definition) is 1. The summed E-state index contributed by atoms with van der Waals surface area (Å²) >= 11 is 0. The van der Waals surface area contributed by atoms with Gasteiger partial charge in [0.1, 0.15) is 6.29 Å². The summed E-state index contributed by atoms with van der Waals surface area (Å²) in [6, 6.07) is 12.4. The fourth-order valence-corrected chi connectivity index (χ4v) is 2.51. The van der Waals surface area contributed by atoms with Crippen LogP contribution >= 0.6 is 0 Å². The molecule has 3 rings (SSSR count). The van der Waals surface area contributed by atoms with Crippen molar-refractivity contribution in [1.82, 2.24) is 4.57 Å². The molecular formula is C16H15NO. The summed E-state index contributed by atoms with van der Waals surface area (Å²) in [5, 5.41) is 0. The number of aromatic nitrogens is 1. The predicted octanol–water partition coefficient (Wildman–Crippen LogP) is 3.18. The third kappa shape index (κ3) is 1.80. The molecule has 90 valence electrons. The van der Waals surface area contributed by atoms with Gasteiger partial charge in [-0.3, -0.25) is 0 Å². The molecule has 1 unspecified atom stereocenters. The first kappa shape index (κ1) is 11.0. The normalized spacial score (nSPS) is 20.1. The average molecular weight is 237 g/mol. The monoisotopic (exact) mass is 237 g/mol. The van der Waals surface area contributed by atoms with Crippen molar-refractivity contribution in [1.29, 1.82) is 0 Å². The topological polar surface area (TPSA) is 22.0 Å². The fraction of sp³-hybridized carbons (Fsp3) is 0.188. The van der Waals surface area contributed by atoms with Gasteiger partial charge in [0.25, 0.3) is 0 Å². The molecule has 0 amide bonds. The van der Waals surface area contributed by atoms with Crippen LogP contribution in [0.4, 0.5) is 0 Å².